The summed E-state index contributed by atoms with van der Waals surface area (Å²) in [6, 6.07) is 3.89. The van der Waals surface area contributed by atoms with E-state index in [0.29, 0.717) is 26.3 Å². The van der Waals surface area contributed by atoms with Crippen LogP contribution in [-0.2, 0) is 9.39 Å². The van der Waals surface area contributed by atoms with Gasteiger partial charge in [-0.2, -0.15) is 0 Å². The summed E-state index contributed by atoms with van der Waals surface area (Å²) >= 11 is 0. The normalized spacial score (nSPS) is 16.0. The Morgan fingerprint density at radius 3 is 2.16 bits per heavy atom. The standard InChI is InChI=1S/C19H29BNO4/c1-13-11-15(20-25-19(5,6)18(3,4)23)12-14(2)16(13)17(22)21-7-9-24-10-8-21/h11-12,23H,7-10H2,1-6H3. The number of ether oxygens (including phenoxy) is 1. The van der Waals surface area contributed by atoms with Gasteiger partial charge in [0.25, 0.3) is 5.91 Å². The van der Waals surface area contributed by atoms with E-state index in [-0.39, 0.29) is 5.91 Å². The van der Waals surface area contributed by atoms with Crippen molar-refractivity contribution in [1.82, 2.24) is 4.90 Å². The van der Waals surface area contributed by atoms with E-state index >= 15 is 0 Å². The van der Waals surface area contributed by atoms with Gasteiger partial charge in [0.1, 0.15) is 0 Å². The first kappa shape index (κ1) is 20.0. The summed E-state index contributed by atoms with van der Waals surface area (Å²) in [6.45, 7) is 13.5. The Balaban J connectivity index is 2.15. The van der Waals surface area contributed by atoms with Crippen molar-refractivity contribution in [3.8, 4) is 0 Å². The van der Waals surface area contributed by atoms with Crippen LogP contribution in [0.4, 0.5) is 0 Å². The van der Waals surface area contributed by atoms with Crippen LogP contribution in [0.15, 0.2) is 12.1 Å². The molecule has 1 saturated heterocycles. The molecule has 0 spiro atoms. The molecule has 0 atom stereocenters. The predicted octanol–water partition coefficient (Wildman–Crippen LogP) is 1.59. The zero-order valence-corrected chi connectivity index (χ0v) is 16.2. The van der Waals surface area contributed by atoms with E-state index in [1.807, 2.05) is 44.7 Å². The minimum atomic E-state index is -0.972. The molecule has 1 fully saturated rings. The van der Waals surface area contributed by atoms with Crippen LogP contribution in [0.5, 0.6) is 0 Å². The molecule has 25 heavy (non-hydrogen) atoms. The van der Waals surface area contributed by atoms with Crippen LogP contribution in [0.2, 0.25) is 0 Å². The minimum absolute atomic E-state index is 0.0580. The molecule has 0 unspecified atom stereocenters. The average molecular weight is 346 g/mol. The second-order valence-corrected chi connectivity index (χ2v) is 7.74. The van der Waals surface area contributed by atoms with Crippen LogP contribution >= 0.6 is 0 Å². The Kier molecular flexibility index (Phi) is 5.97. The smallest absolute Gasteiger partial charge is 0.330 e. The highest BCUT2D eigenvalue weighted by molar-refractivity contribution is 6.47. The lowest BCUT2D eigenvalue weighted by Gasteiger charge is -2.37. The van der Waals surface area contributed by atoms with Gasteiger partial charge < -0.3 is 19.4 Å². The molecule has 0 bridgehead atoms. The fourth-order valence-corrected chi connectivity index (χ4v) is 2.69. The van der Waals surface area contributed by atoms with E-state index in [0.717, 1.165) is 22.2 Å². The number of rotatable bonds is 5. The van der Waals surface area contributed by atoms with E-state index in [1.54, 1.807) is 21.3 Å². The number of hydrogen-bond donors (Lipinski definition) is 1. The SMILES string of the molecule is Cc1cc([B]OC(C)(C)C(C)(C)O)cc(C)c1C(=O)N1CCOCC1. The second-order valence-electron chi connectivity index (χ2n) is 7.74. The number of aliphatic hydroxyl groups is 1. The molecule has 137 valence electrons. The highest BCUT2D eigenvalue weighted by Crippen LogP contribution is 2.24. The summed E-state index contributed by atoms with van der Waals surface area (Å²) in [7, 11) is 1.65. The maximum absolute atomic E-state index is 12.8. The first-order valence-electron chi connectivity index (χ1n) is 8.74. The molecule has 0 aromatic heterocycles. The van der Waals surface area contributed by atoms with Gasteiger partial charge in [0.05, 0.1) is 24.4 Å². The summed E-state index contributed by atoms with van der Waals surface area (Å²) in [4.78, 5) is 14.6. The predicted molar refractivity (Wildman–Crippen MR) is 99.5 cm³/mol. The third-order valence-corrected chi connectivity index (χ3v) is 5.03. The van der Waals surface area contributed by atoms with Gasteiger partial charge in [0.2, 0.25) is 0 Å². The van der Waals surface area contributed by atoms with Crippen LogP contribution in [0.25, 0.3) is 0 Å². The highest BCUT2D eigenvalue weighted by Gasteiger charge is 2.35. The number of amides is 1. The molecule has 1 amide bonds. The first-order valence-corrected chi connectivity index (χ1v) is 8.74. The van der Waals surface area contributed by atoms with Crippen molar-refractivity contribution in [3.63, 3.8) is 0 Å². The number of aryl methyl sites for hydroxylation is 2. The lowest BCUT2D eigenvalue weighted by Crippen LogP contribution is -2.49. The molecule has 5 nitrogen and oxygen atoms in total. The minimum Gasteiger partial charge on any atom is -0.427 e. The van der Waals surface area contributed by atoms with Gasteiger partial charge in [-0.25, -0.2) is 0 Å². The molecule has 1 aromatic rings. The van der Waals surface area contributed by atoms with E-state index in [1.165, 1.54) is 0 Å². The molecule has 1 aromatic carbocycles. The number of carbonyl (C=O) groups is 1. The number of carbonyl (C=O) groups excluding carboxylic acids is 1. The Morgan fingerprint density at radius 2 is 1.68 bits per heavy atom. The largest absolute Gasteiger partial charge is 0.427 e. The van der Waals surface area contributed by atoms with Crippen LogP contribution in [0.3, 0.4) is 0 Å². The number of benzene rings is 1. The van der Waals surface area contributed by atoms with Gasteiger partial charge in [0, 0.05) is 18.7 Å². The Hall–Kier alpha value is -1.37. The summed E-state index contributed by atoms with van der Waals surface area (Å²) in [5, 5.41) is 10.2. The number of morpholine rings is 1. The molecule has 0 aliphatic carbocycles. The molecule has 1 radical (unpaired) electrons. The fraction of sp³-hybridized carbons (Fsp3) is 0.632. The van der Waals surface area contributed by atoms with Crippen LogP contribution in [0.1, 0.15) is 49.2 Å². The van der Waals surface area contributed by atoms with Gasteiger partial charge in [-0.05, 0) is 52.7 Å². The molecule has 1 N–H and O–H groups in total. The van der Waals surface area contributed by atoms with E-state index < -0.39 is 11.2 Å². The fourth-order valence-electron chi connectivity index (χ4n) is 2.69. The van der Waals surface area contributed by atoms with Crippen LogP contribution in [0, 0.1) is 13.8 Å². The zero-order chi connectivity index (χ0) is 18.8. The summed E-state index contributed by atoms with van der Waals surface area (Å²) in [5.74, 6) is 0.0580. The van der Waals surface area contributed by atoms with Crippen molar-refractivity contribution < 1.29 is 19.3 Å². The average Bonchev–Trinajstić information content (AvgIpc) is 2.52. The Labute approximate surface area is 151 Å². The van der Waals surface area contributed by atoms with Crippen molar-refractivity contribution in [2.24, 2.45) is 0 Å². The van der Waals surface area contributed by atoms with E-state index in [2.05, 4.69) is 0 Å². The van der Waals surface area contributed by atoms with Gasteiger partial charge >= 0.3 is 7.48 Å². The molecule has 2 rings (SSSR count). The van der Waals surface area contributed by atoms with Gasteiger partial charge in [-0.15, -0.1) is 0 Å². The van der Waals surface area contributed by atoms with Gasteiger partial charge in [-0.3, -0.25) is 4.79 Å². The first-order chi connectivity index (χ1) is 11.5. The monoisotopic (exact) mass is 346 g/mol. The van der Waals surface area contributed by atoms with Crippen LogP contribution < -0.4 is 5.46 Å². The van der Waals surface area contributed by atoms with E-state index in [9.17, 15) is 9.90 Å². The molecule has 6 heteroatoms. The maximum atomic E-state index is 12.8. The number of hydrogen-bond acceptors (Lipinski definition) is 4. The summed E-state index contributed by atoms with van der Waals surface area (Å²) in [6.07, 6.45) is 0. The third kappa shape index (κ3) is 4.63. The second kappa shape index (κ2) is 7.48. The molecule has 1 heterocycles. The number of nitrogens with zero attached hydrogens (tertiary/aromatic N) is 1. The Bertz CT molecular complexity index is 608. The van der Waals surface area contributed by atoms with E-state index in [4.69, 9.17) is 9.39 Å². The third-order valence-electron chi connectivity index (χ3n) is 5.03. The summed E-state index contributed by atoms with van der Waals surface area (Å²) in [5.41, 5.74) is 1.78. The van der Waals surface area contributed by atoms with Crippen LogP contribution in [-0.4, -0.2) is 60.9 Å². The lowest BCUT2D eigenvalue weighted by atomic mass is 9.80. The van der Waals surface area contributed by atoms with Crippen molar-refractivity contribution in [3.05, 3.63) is 28.8 Å². The maximum Gasteiger partial charge on any atom is 0.330 e. The topological polar surface area (TPSA) is 59.0 Å². The van der Waals surface area contributed by atoms with Crippen molar-refractivity contribution in [2.45, 2.75) is 52.7 Å². The van der Waals surface area contributed by atoms with Gasteiger partial charge in [0.15, 0.2) is 0 Å². The molecule has 1 aliphatic rings. The quantitative estimate of drug-likeness (QED) is 0.823. The van der Waals surface area contributed by atoms with Crippen molar-refractivity contribution in [2.75, 3.05) is 26.3 Å². The molecular weight excluding hydrogens is 317 g/mol. The highest BCUT2D eigenvalue weighted by atomic mass is 16.5. The molecule has 1 aliphatic heterocycles. The zero-order valence-electron chi connectivity index (χ0n) is 16.2. The lowest BCUT2D eigenvalue weighted by molar-refractivity contribution is -0.0893. The van der Waals surface area contributed by atoms with Crippen molar-refractivity contribution >= 4 is 18.9 Å². The molecular formula is C19H29BNO4. The van der Waals surface area contributed by atoms with Gasteiger partial charge in [-0.1, -0.05) is 17.6 Å². The summed E-state index contributed by atoms with van der Waals surface area (Å²) < 4.78 is 11.1. The molecule has 0 saturated carbocycles. The Morgan fingerprint density at radius 1 is 1.16 bits per heavy atom. The van der Waals surface area contributed by atoms with Crippen molar-refractivity contribution in [1.29, 1.82) is 0 Å².